The number of ether oxygens (including phenoxy) is 1. The first-order valence-corrected chi connectivity index (χ1v) is 6.94. The van der Waals surface area contributed by atoms with Crippen LogP contribution in [-0.4, -0.2) is 33.4 Å². The smallest absolute Gasteiger partial charge is 0.184 e. The number of benzene rings is 1. The van der Waals surface area contributed by atoms with Crippen LogP contribution in [0.1, 0.15) is 25.3 Å². The van der Waals surface area contributed by atoms with Gasteiger partial charge in [-0.05, 0) is 47.9 Å². The summed E-state index contributed by atoms with van der Waals surface area (Å²) in [6.45, 7) is 0. The number of hydrogen-bond acceptors (Lipinski definition) is 5. The third-order valence-corrected chi connectivity index (χ3v) is 4.02. The average Bonchev–Trinajstić information content (AvgIpc) is 3.08. The first-order chi connectivity index (χ1) is 9.70. The fourth-order valence-corrected chi connectivity index (χ4v) is 2.95. The highest BCUT2D eigenvalue weighted by molar-refractivity contribution is 6.31. The lowest BCUT2D eigenvalue weighted by molar-refractivity contribution is 0.0708. The fourth-order valence-electron chi connectivity index (χ4n) is 2.78. The SMILES string of the molecule is COC1CCCC1n1nnnc1-c1cc(Cl)ccc1N. The first-order valence-electron chi connectivity index (χ1n) is 6.56. The van der Waals surface area contributed by atoms with Crippen LogP contribution >= 0.6 is 11.6 Å². The molecule has 0 saturated heterocycles. The van der Waals surface area contributed by atoms with Crippen molar-refractivity contribution in [3.05, 3.63) is 23.2 Å². The average molecular weight is 294 g/mol. The van der Waals surface area contributed by atoms with Crippen molar-refractivity contribution in [3.63, 3.8) is 0 Å². The molecule has 7 heteroatoms. The van der Waals surface area contributed by atoms with Gasteiger partial charge in [-0.3, -0.25) is 0 Å². The van der Waals surface area contributed by atoms with Crippen molar-refractivity contribution >= 4 is 17.3 Å². The maximum Gasteiger partial charge on any atom is 0.184 e. The maximum atomic E-state index is 6.04. The van der Waals surface area contributed by atoms with Crippen molar-refractivity contribution < 1.29 is 4.74 Å². The number of nitrogens with zero attached hydrogens (tertiary/aromatic N) is 4. The molecule has 1 heterocycles. The minimum absolute atomic E-state index is 0.137. The zero-order valence-corrected chi connectivity index (χ0v) is 11.9. The number of halogens is 1. The second-order valence-electron chi connectivity index (χ2n) is 4.95. The Labute approximate surface area is 121 Å². The van der Waals surface area contributed by atoms with Crippen LogP contribution in [-0.2, 0) is 4.74 Å². The molecule has 1 aliphatic carbocycles. The van der Waals surface area contributed by atoms with E-state index in [-0.39, 0.29) is 12.1 Å². The van der Waals surface area contributed by atoms with Crippen molar-refractivity contribution in [3.8, 4) is 11.4 Å². The van der Waals surface area contributed by atoms with E-state index in [1.807, 2.05) is 4.68 Å². The highest BCUT2D eigenvalue weighted by Gasteiger charge is 2.32. The topological polar surface area (TPSA) is 78.8 Å². The molecule has 0 bridgehead atoms. The Bertz CT molecular complexity index is 615. The summed E-state index contributed by atoms with van der Waals surface area (Å²) in [5, 5.41) is 12.6. The largest absolute Gasteiger partial charge is 0.398 e. The van der Waals surface area contributed by atoms with Gasteiger partial charge in [-0.15, -0.1) is 5.10 Å². The third kappa shape index (κ3) is 2.25. The van der Waals surface area contributed by atoms with E-state index in [9.17, 15) is 0 Å². The van der Waals surface area contributed by atoms with Gasteiger partial charge in [-0.1, -0.05) is 11.6 Å². The van der Waals surface area contributed by atoms with Crippen molar-refractivity contribution in [2.75, 3.05) is 12.8 Å². The van der Waals surface area contributed by atoms with E-state index in [1.165, 1.54) is 0 Å². The van der Waals surface area contributed by atoms with E-state index >= 15 is 0 Å². The molecule has 20 heavy (non-hydrogen) atoms. The van der Waals surface area contributed by atoms with Gasteiger partial charge in [0.25, 0.3) is 0 Å². The van der Waals surface area contributed by atoms with Gasteiger partial charge < -0.3 is 10.5 Å². The van der Waals surface area contributed by atoms with Crippen molar-refractivity contribution in [1.82, 2.24) is 20.2 Å². The summed E-state index contributed by atoms with van der Waals surface area (Å²) >= 11 is 6.04. The number of methoxy groups -OCH3 is 1. The van der Waals surface area contributed by atoms with Gasteiger partial charge in [0.05, 0.1) is 12.1 Å². The summed E-state index contributed by atoms with van der Waals surface area (Å²) in [5.74, 6) is 0.638. The fraction of sp³-hybridized carbons (Fsp3) is 0.462. The van der Waals surface area contributed by atoms with E-state index < -0.39 is 0 Å². The van der Waals surface area contributed by atoms with Crippen molar-refractivity contribution in [1.29, 1.82) is 0 Å². The molecule has 6 nitrogen and oxygen atoms in total. The normalized spacial score (nSPS) is 22.3. The summed E-state index contributed by atoms with van der Waals surface area (Å²) in [4.78, 5) is 0. The van der Waals surface area contributed by atoms with Gasteiger partial charge in [0.1, 0.15) is 0 Å². The molecule has 2 aromatic rings. The van der Waals surface area contributed by atoms with E-state index in [0.717, 1.165) is 24.8 Å². The molecule has 0 amide bonds. The molecule has 3 rings (SSSR count). The molecule has 2 N–H and O–H groups in total. The Morgan fingerprint density at radius 3 is 3.05 bits per heavy atom. The highest BCUT2D eigenvalue weighted by Crippen LogP contribution is 2.35. The Morgan fingerprint density at radius 2 is 2.25 bits per heavy atom. The minimum Gasteiger partial charge on any atom is -0.398 e. The Hall–Kier alpha value is -1.66. The van der Waals surface area contributed by atoms with Crippen LogP contribution in [0.2, 0.25) is 5.02 Å². The van der Waals surface area contributed by atoms with Crippen LogP contribution in [0.3, 0.4) is 0 Å². The molecule has 1 aromatic carbocycles. The summed E-state index contributed by atoms with van der Waals surface area (Å²) in [6.07, 6.45) is 3.26. The second kappa shape index (κ2) is 5.38. The molecule has 1 fully saturated rings. The predicted molar refractivity (Wildman–Crippen MR) is 76.4 cm³/mol. The minimum atomic E-state index is 0.137. The van der Waals surface area contributed by atoms with Gasteiger partial charge >= 0.3 is 0 Å². The second-order valence-corrected chi connectivity index (χ2v) is 5.39. The number of anilines is 1. The van der Waals surface area contributed by atoms with Crippen molar-refractivity contribution in [2.45, 2.75) is 31.4 Å². The lowest BCUT2D eigenvalue weighted by atomic mass is 10.1. The summed E-state index contributed by atoms with van der Waals surface area (Å²) in [5.41, 5.74) is 7.38. The third-order valence-electron chi connectivity index (χ3n) is 3.78. The van der Waals surface area contributed by atoms with Crippen LogP contribution < -0.4 is 5.73 Å². The molecule has 0 radical (unpaired) electrons. The molecular weight excluding hydrogens is 278 g/mol. The zero-order chi connectivity index (χ0) is 14.1. The molecule has 1 aliphatic rings. The van der Waals surface area contributed by atoms with Crippen LogP contribution in [0.25, 0.3) is 11.4 Å². The lowest BCUT2D eigenvalue weighted by Crippen LogP contribution is -2.22. The predicted octanol–water partition coefficient (Wildman–Crippen LogP) is 2.32. The van der Waals surface area contributed by atoms with Gasteiger partial charge in [-0.2, -0.15) is 0 Å². The molecule has 106 valence electrons. The monoisotopic (exact) mass is 293 g/mol. The van der Waals surface area contributed by atoms with Crippen molar-refractivity contribution in [2.24, 2.45) is 0 Å². The molecular formula is C13H16ClN5O. The molecule has 0 spiro atoms. The Kier molecular flexibility index (Phi) is 3.58. The number of hydrogen-bond donors (Lipinski definition) is 1. The van der Waals surface area contributed by atoms with E-state index in [1.54, 1.807) is 25.3 Å². The van der Waals surface area contributed by atoms with Gasteiger partial charge in [0.2, 0.25) is 0 Å². The highest BCUT2D eigenvalue weighted by atomic mass is 35.5. The molecule has 1 saturated carbocycles. The zero-order valence-electron chi connectivity index (χ0n) is 11.2. The molecule has 2 unspecified atom stereocenters. The number of rotatable bonds is 3. The molecule has 1 aromatic heterocycles. The van der Waals surface area contributed by atoms with Gasteiger partial charge in [0, 0.05) is 23.4 Å². The summed E-state index contributed by atoms with van der Waals surface area (Å²) < 4.78 is 7.33. The maximum absolute atomic E-state index is 6.04. The summed E-state index contributed by atoms with van der Waals surface area (Å²) in [6, 6.07) is 5.44. The van der Waals surface area contributed by atoms with Crippen LogP contribution in [0.5, 0.6) is 0 Å². The quantitative estimate of drug-likeness (QED) is 0.879. The van der Waals surface area contributed by atoms with Crippen LogP contribution in [0.4, 0.5) is 5.69 Å². The van der Waals surface area contributed by atoms with E-state index in [4.69, 9.17) is 22.1 Å². The standard InChI is InChI=1S/C13H16ClN5O/c1-20-12-4-2-3-11(12)19-13(16-17-18-19)9-7-8(14)5-6-10(9)15/h5-7,11-12H,2-4,15H2,1H3. The van der Waals surface area contributed by atoms with E-state index in [0.29, 0.717) is 16.5 Å². The number of nitrogens with two attached hydrogens (primary N) is 1. The number of aromatic nitrogens is 4. The number of tetrazole rings is 1. The Morgan fingerprint density at radius 1 is 1.40 bits per heavy atom. The van der Waals surface area contributed by atoms with Crippen LogP contribution in [0.15, 0.2) is 18.2 Å². The summed E-state index contributed by atoms with van der Waals surface area (Å²) in [7, 11) is 1.72. The Balaban J connectivity index is 2.04. The van der Waals surface area contributed by atoms with Gasteiger partial charge in [0.15, 0.2) is 5.82 Å². The first kappa shape index (κ1) is 13.3. The van der Waals surface area contributed by atoms with Crippen LogP contribution in [0, 0.1) is 0 Å². The lowest BCUT2D eigenvalue weighted by Gasteiger charge is -2.19. The number of nitrogen functional groups attached to an aromatic ring is 1. The molecule has 2 atom stereocenters. The molecule has 0 aliphatic heterocycles. The van der Waals surface area contributed by atoms with Gasteiger partial charge in [-0.25, -0.2) is 4.68 Å². The van der Waals surface area contributed by atoms with E-state index in [2.05, 4.69) is 15.5 Å².